The van der Waals surface area contributed by atoms with Crippen molar-refractivity contribution in [1.82, 2.24) is 19.1 Å². The third kappa shape index (κ3) is 4.45. The number of nitrogens with zero attached hydrogens (tertiary/aromatic N) is 7. The summed E-state index contributed by atoms with van der Waals surface area (Å²) in [6.45, 7) is 4.28. The van der Waals surface area contributed by atoms with Gasteiger partial charge in [0.1, 0.15) is 11.7 Å². The molecule has 3 aromatic carbocycles. The van der Waals surface area contributed by atoms with Crippen molar-refractivity contribution in [1.29, 1.82) is 0 Å². The summed E-state index contributed by atoms with van der Waals surface area (Å²) in [5, 5.41) is 17.4. The number of rotatable bonds is 6. The van der Waals surface area contributed by atoms with Crippen LogP contribution in [0.2, 0.25) is 0 Å². The fourth-order valence-corrected chi connectivity index (χ4v) is 9.98. The second kappa shape index (κ2) is 10.6. The first-order valence-electron chi connectivity index (χ1n) is 14.0. The predicted octanol–water partition coefficient (Wildman–Crippen LogP) is 6.10. The number of para-hydroxylation sites is 1. The van der Waals surface area contributed by atoms with Crippen molar-refractivity contribution < 1.29 is 14.1 Å². The van der Waals surface area contributed by atoms with Gasteiger partial charge in [0, 0.05) is 31.3 Å². The summed E-state index contributed by atoms with van der Waals surface area (Å²) in [5.41, 5.74) is 2.65. The Morgan fingerprint density at radius 1 is 1.00 bits per heavy atom. The minimum atomic E-state index is -2.94. The van der Waals surface area contributed by atoms with Gasteiger partial charge in [-0.2, -0.15) is 5.10 Å². The van der Waals surface area contributed by atoms with Crippen molar-refractivity contribution >= 4 is 35.7 Å². The largest absolute Gasteiger partial charge is 0.379 e. The Labute approximate surface area is 242 Å². The summed E-state index contributed by atoms with van der Waals surface area (Å²) >= 11 is 0. The van der Waals surface area contributed by atoms with Crippen LogP contribution >= 0.6 is 7.36 Å². The van der Waals surface area contributed by atoms with Crippen molar-refractivity contribution in [3.8, 4) is 5.69 Å². The van der Waals surface area contributed by atoms with Crippen LogP contribution in [0, 0.1) is 22.9 Å². The molecule has 3 heterocycles. The standard InChI is InChI=1S/C30H29FN7O3P/c1-21-28-30(36(33-21)23-7-3-2-4-8-23)32-29(26-9-5-6-10-27(26)31)37(24-15-16-24)42(28,35-17-19-41-20-18-35)34-22-11-13-25(14-12-22)38(39)40/h2-14,24H,15-20H2,1H3/t42-/m0/s1. The number of ether oxygens (including phenoxy) is 1. The lowest BCUT2D eigenvalue weighted by Gasteiger charge is -2.48. The zero-order valence-electron chi connectivity index (χ0n) is 23.0. The molecule has 4 aromatic rings. The monoisotopic (exact) mass is 585 g/mol. The van der Waals surface area contributed by atoms with Crippen LogP contribution in [0.5, 0.6) is 0 Å². The van der Waals surface area contributed by atoms with Gasteiger partial charge in [0.2, 0.25) is 0 Å². The average molecular weight is 586 g/mol. The second-order valence-electron chi connectivity index (χ2n) is 10.5. The van der Waals surface area contributed by atoms with Crippen molar-refractivity contribution in [2.24, 2.45) is 9.74 Å². The van der Waals surface area contributed by atoms with Crippen LogP contribution in [0.4, 0.5) is 21.6 Å². The number of fused-ring (bicyclic) bond motifs is 1. The Kier molecular flexibility index (Phi) is 6.73. The number of nitro benzene ring substituents is 1. The predicted molar refractivity (Wildman–Crippen MR) is 160 cm³/mol. The molecule has 0 bridgehead atoms. The van der Waals surface area contributed by atoms with E-state index in [4.69, 9.17) is 19.6 Å². The van der Waals surface area contributed by atoms with Gasteiger partial charge in [-0.15, -0.1) is 0 Å². The maximum Gasteiger partial charge on any atom is 0.269 e. The molecule has 0 N–H and O–H groups in total. The Morgan fingerprint density at radius 3 is 2.36 bits per heavy atom. The number of hydrogen-bond donors (Lipinski definition) is 0. The fourth-order valence-electron chi connectivity index (χ4n) is 5.72. The molecule has 2 fully saturated rings. The minimum Gasteiger partial charge on any atom is -0.379 e. The van der Waals surface area contributed by atoms with E-state index < -0.39 is 12.3 Å². The number of hydrogen-bond acceptors (Lipinski definition) is 6. The van der Waals surface area contributed by atoms with E-state index in [0.717, 1.165) is 29.5 Å². The summed E-state index contributed by atoms with van der Waals surface area (Å²) in [6, 6.07) is 23.0. The molecule has 1 saturated heterocycles. The number of halogens is 1. The number of benzene rings is 3. The molecular formula is C30H29FN7O3P. The van der Waals surface area contributed by atoms with Crippen LogP contribution in [-0.4, -0.2) is 62.2 Å². The molecule has 1 atom stereocenters. The highest BCUT2D eigenvalue weighted by atomic mass is 31.2. The molecule has 0 radical (unpaired) electrons. The fraction of sp³-hybridized carbons (Fsp3) is 0.267. The molecule has 0 spiro atoms. The number of nitro groups is 1. The molecule has 1 aliphatic carbocycles. The first-order valence-corrected chi connectivity index (χ1v) is 15.6. The summed E-state index contributed by atoms with van der Waals surface area (Å²) in [4.78, 5) is 16.2. The SMILES string of the molecule is Cc1nn(-c2ccccc2)c2c1[P@](=Nc1ccc([N+](=O)[O-])cc1)(N1CCOCC1)N(C1CC1)C(c1ccccc1F)=N2. The number of morpholine rings is 1. The molecule has 7 rings (SSSR count). The first-order chi connectivity index (χ1) is 20.5. The van der Waals surface area contributed by atoms with Gasteiger partial charge in [0.05, 0.1) is 46.1 Å². The van der Waals surface area contributed by atoms with E-state index in [9.17, 15) is 10.1 Å². The smallest absolute Gasteiger partial charge is 0.269 e. The summed E-state index contributed by atoms with van der Waals surface area (Å²) in [6.07, 6.45) is 1.85. The van der Waals surface area contributed by atoms with E-state index in [2.05, 4.69) is 9.34 Å². The van der Waals surface area contributed by atoms with Crippen LogP contribution in [-0.2, 0) is 4.74 Å². The van der Waals surface area contributed by atoms with Gasteiger partial charge in [-0.3, -0.25) is 10.1 Å². The molecular weight excluding hydrogens is 556 g/mol. The zero-order valence-corrected chi connectivity index (χ0v) is 23.9. The summed E-state index contributed by atoms with van der Waals surface area (Å²) in [5.74, 6) is 0.799. The van der Waals surface area contributed by atoms with Crippen molar-refractivity contribution in [2.45, 2.75) is 25.8 Å². The highest BCUT2D eigenvalue weighted by molar-refractivity contribution is 7.70. The number of amidine groups is 1. The van der Waals surface area contributed by atoms with E-state index in [0.29, 0.717) is 49.2 Å². The highest BCUT2D eigenvalue weighted by Crippen LogP contribution is 2.65. The Morgan fingerprint density at radius 2 is 1.69 bits per heavy atom. The third-order valence-corrected chi connectivity index (χ3v) is 11.7. The van der Waals surface area contributed by atoms with Crippen LogP contribution in [0.3, 0.4) is 0 Å². The molecule has 12 heteroatoms. The van der Waals surface area contributed by atoms with E-state index in [1.807, 2.05) is 48.0 Å². The molecule has 214 valence electrons. The lowest BCUT2D eigenvalue weighted by molar-refractivity contribution is -0.384. The van der Waals surface area contributed by atoms with Gasteiger partial charge in [-0.25, -0.2) is 23.5 Å². The topological polar surface area (TPSA) is 101 Å². The van der Waals surface area contributed by atoms with Gasteiger partial charge in [0.15, 0.2) is 13.2 Å². The van der Waals surface area contributed by atoms with Gasteiger partial charge in [-0.1, -0.05) is 30.3 Å². The maximum atomic E-state index is 15.6. The van der Waals surface area contributed by atoms with Crippen LogP contribution in [0.25, 0.3) is 5.69 Å². The van der Waals surface area contributed by atoms with Crippen LogP contribution < -0.4 is 5.30 Å². The van der Waals surface area contributed by atoms with E-state index in [-0.39, 0.29) is 17.5 Å². The van der Waals surface area contributed by atoms with Crippen molar-refractivity contribution in [3.63, 3.8) is 0 Å². The van der Waals surface area contributed by atoms with Crippen LogP contribution in [0.15, 0.2) is 88.6 Å². The number of aromatic nitrogens is 2. The lowest BCUT2D eigenvalue weighted by atomic mass is 10.2. The zero-order chi connectivity index (χ0) is 28.8. The first kappa shape index (κ1) is 26.7. The number of aliphatic imine (C=N–C) groups is 1. The maximum absolute atomic E-state index is 15.6. The average Bonchev–Trinajstić information content (AvgIpc) is 3.80. The summed E-state index contributed by atoms with van der Waals surface area (Å²) in [7, 11) is -2.94. The van der Waals surface area contributed by atoms with Crippen LogP contribution in [0.1, 0.15) is 24.1 Å². The van der Waals surface area contributed by atoms with E-state index in [1.165, 1.54) is 18.2 Å². The summed E-state index contributed by atoms with van der Waals surface area (Å²) < 4.78 is 33.5. The Bertz CT molecular complexity index is 1750. The number of non-ortho nitro benzene ring substituents is 1. The molecule has 42 heavy (non-hydrogen) atoms. The van der Waals surface area contributed by atoms with E-state index >= 15 is 4.39 Å². The molecule has 1 aromatic heterocycles. The molecule has 2 aliphatic heterocycles. The third-order valence-electron chi connectivity index (χ3n) is 7.74. The minimum absolute atomic E-state index is 0.00206. The molecule has 0 unspecified atom stereocenters. The Balaban J connectivity index is 1.59. The van der Waals surface area contributed by atoms with Gasteiger partial charge in [0.25, 0.3) is 5.69 Å². The van der Waals surface area contributed by atoms with Gasteiger partial charge >= 0.3 is 0 Å². The second-order valence-corrected chi connectivity index (χ2v) is 13.3. The molecule has 10 nitrogen and oxygen atoms in total. The number of aryl methyl sites for hydroxylation is 1. The molecule has 0 amide bonds. The lowest BCUT2D eigenvalue weighted by Crippen LogP contribution is -2.48. The van der Waals surface area contributed by atoms with E-state index in [1.54, 1.807) is 24.3 Å². The van der Waals surface area contributed by atoms with Gasteiger partial charge < -0.3 is 9.41 Å². The molecule has 3 aliphatic rings. The molecule has 1 saturated carbocycles. The van der Waals surface area contributed by atoms with Crippen molar-refractivity contribution in [2.75, 3.05) is 26.3 Å². The normalized spacial score (nSPS) is 20.6. The Hall–Kier alpha value is -4.18. The quantitative estimate of drug-likeness (QED) is 0.154. The highest BCUT2D eigenvalue weighted by Gasteiger charge is 2.52. The van der Waals surface area contributed by atoms with Crippen molar-refractivity contribution in [3.05, 3.63) is 106 Å². The van der Waals surface area contributed by atoms with Gasteiger partial charge in [-0.05, 0) is 56.2 Å².